The molecule has 0 radical (unpaired) electrons. The number of guanidine groups is 1. The molecule has 2 saturated heterocycles. The fourth-order valence-corrected chi connectivity index (χ4v) is 4.13. The van der Waals surface area contributed by atoms with Gasteiger partial charge in [0.2, 0.25) is 0 Å². The molecule has 0 bridgehead atoms. The normalized spacial score (nSPS) is 21.3. The van der Waals surface area contributed by atoms with Gasteiger partial charge in [-0.15, -0.1) is 0 Å². The van der Waals surface area contributed by atoms with E-state index in [4.69, 9.17) is 9.47 Å². The first-order valence-electron chi connectivity index (χ1n) is 11.3. The summed E-state index contributed by atoms with van der Waals surface area (Å²) in [5.74, 6) is 0.536. The zero-order valence-electron chi connectivity index (χ0n) is 19.6. The van der Waals surface area contributed by atoms with Gasteiger partial charge in [0.15, 0.2) is 5.96 Å². The zero-order valence-corrected chi connectivity index (χ0v) is 19.6. The Morgan fingerprint density at radius 3 is 2.72 bits per heavy atom. The van der Waals surface area contributed by atoms with Crippen LogP contribution in [0.2, 0.25) is 0 Å². The molecule has 0 saturated carbocycles. The van der Waals surface area contributed by atoms with E-state index in [1.54, 1.807) is 19.2 Å². The lowest BCUT2D eigenvalue weighted by Gasteiger charge is -2.35. The molecule has 2 unspecified atom stereocenters. The number of likely N-dealkylation sites (tertiary alicyclic amines) is 1. The largest absolute Gasteiger partial charge is 0.444 e. The SMILES string of the molecule is CN=C(NCC(c1cccc(F)c1)N1CCOCC1)N1CCC(NC(=O)OC(C)(C)C)C1. The summed E-state index contributed by atoms with van der Waals surface area (Å²) < 4.78 is 24.8. The molecule has 2 N–H and O–H groups in total. The molecular formula is C23H36FN5O3. The molecule has 2 fully saturated rings. The number of carbonyl (C=O) groups excluding carboxylic acids is 1. The van der Waals surface area contributed by atoms with Crippen molar-refractivity contribution in [2.45, 2.75) is 44.9 Å². The van der Waals surface area contributed by atoms with E-state index in [1.807, 2.05) is 26.8 Å². The number of aliphatic imine (C=N–C) groups is 1. The minimum Gasteiger partial charge on any atom is -0.444 e. The van der Waals surface area contributed by atoms with Crippen molar-refractivity contribution in [3.05, 3.63) is 35.6 Å². The first kappa shape index (κ1) is 24.3. The Kier molecular flexibility index (Phi) is 8.31. The fourth-order valence-electron chi connectivity index (χ4n) is 4.13. The standard InChI is InChI=1S/C23H36FN5O3/c1-23(2,3)32-22(30)27-19-8-9-29(16-19)21(25-4)26-15-20(28-10-12-31-13-11-28)17-6-5-7-18(24)14-17/h5-7,14,19-20H,8-13,15-16H2,1-4H3,(H,25,26)(H,27,30). The molecule has 0 spiro atoms. The van der Waals surface area contributed by atoms with Crippen molar-refractivity contribution < 1.29 is 18.7 Å². The smallest absolute Gasteiger partial charge is 0.407 e. The lowest BCUT2D eigenvalue weighted by atomic mass is 10.0. The lowest BCUT2D eigenvalue weighted by molar-refractivity contribution is 0.0168. The summed E-state index contributed by atoms with van der Waals surface area (Å²) in [4.78, 5) is 21.0. The maximum Gasteiger partial charge on any atom is 0.407 e. The van der Waals surface area contributed by atoms with Crippen LogP contribution in [0.1, 0.15) is 38.8 Å². The van der Waals surface area contributed by atoms with Gasteiger partial charge in [0.05, 0.1) is 25.3 Å². The number of ether oxygens (including phenoxy) is 2. The van der Waals surface area contributed by atoms with Gasteiger partial charge >= 0.3 is 6.09 Å². The van der Waals surface area contributed by atoms with Gasteiger partial charge in [-0.05, 0) is 44.9 Å². The fraction of sp³-hybridized carbons (Fsp3) is 0.652. The Hall–Kier alpha value is -2.39. The van der Waals surface area contributed by atoms with Crippen LogP contribution in [0.5, 0.6) is 0 Å². The first-order valence-corrected chi connectivity index (χ1v) is 11.3. The van der Waals surface area contributed by atoms with E-state index >= 15 is 0 Å². The Morgan fingerprint density at radius 1 is 1.31 bits per heavy atom. The average molecular weight is 450 g/mol. The first-order chi connectivity index (χ1) is 15.2. The molecule has 3 rings (SSSR count). The van der Waals surface area contributed by atoms with Crippen LogP contribution in [-0.4, -0.2) is 86.5 Å². The third-order valence-electron chi connectivity index (χ3n) is 5.59. The maximum absolute atomic E-state index is 13.9. The van der Waals surface area contributed by atoms with Crippen LogP contribution in [0.15, 0.2) is 29.3 Å². The van der Waals surface area contributed by atoms with Crippen molar-refractivity contribution in [2.75, 3.05) is 53.0 Å². The summed E-state index contributed by atoms with van der Waals surface area (Å²) in [5, 5.41) is 6.41. The van der Waals surface area contributed by atoms with Crippen LogP contribution in [0.25, 0.3) is 0 Å². The van der Waals surface area contributed by atoms with Crippen molar-refractivity contribution in [3.63, 3.8) is 0 Å². The highest BCUT2D eigenvalue weighted by molar-refractivity contribution is 5.80. The van der Waals surface area contributed by atoms with Gasteiger partial charge in [-0.25, -0.2) is 9.18 Å². The molecule has 8 nitrogen and oxygen atoms in total. The molecule has 2 atom stereocenters. The van der Waals surface area contributed by atoms with Crippen LogP contribution in [0.3, 0.4) is 0 Å². The summed E-state index contributed by atoms with van der Waals surface area (Å²) >= 11 is 0. The van der Waals surface area contributed by atoms with E-state index in [0.29, 0.717) is 26.3 Å². The molecule has 1 aromatic rings. The second kappa shape index (κ2) is 11.0. The molecule has 0 aliphatic carbocycles. The number of carbonyl (C=O) groups is 1. The molecule has 9 heteroatoms. The van der Waals surface area contributed by atoms with E-state index in [-0.39, 0.29) is 17.9 Å². The van der Waals surface area contributed by atoms with E-state index in [1.165, 1.54) is 6.07 Å². The summed E-state index contributed by atoms with van der Waals surface area (Å²) in [6.07, 6.45) is 0.419. The molecular weight excluding hydrogens is 413 g/mol. The summed E-state index contributed by atoms with van der Waals surface area (Å²) in [7, 11) is 1.75. The average Bonchev–Trinajstić information content (AvgIpc) is 3.18. The lowest BCUT2D eigenvalue weighted by Crippen LogP contribution is -2.48. The minimum atomic E-state index is -0.522. The molecule has 1 amide bonds. The number of morpholine rings is 1. The highest BCUT2D eigenvalue weighted by Gasteiger charge is 2.29. The van der Waals surface area contributed by atoms with E-state index < -0.39 is 11.7 Å². The summed E-state index contributed by atoms with van der Waals surface area (Å²) in [6.45, 7) is 10.5. The number of halogens is 1. The second-order valence-electron chi connectivity index (χ2n) is 9.23. The molecule has 2 aliphatic rings. The Balaban J connectivity index is 1.59. The molecule has 2 heterocycles. The van der Waals surface area contributed by atoms with Crippen molar-refractivity contribution in [3.8, 4) is 0 Å². The number of nitrogens with zero attached hydrogens (tertiary/aromatic N) is 3. The van der Waals surface area contributed by atoms with Crippen LogP contribution in [0, 0.1) is 5.82 Å². The topological polar surface area (TPSA) is 78.4 Å². The minimum absolute atomic E-state index is 0.00154. The van der Waals surface area contributed by atoms with Gasteiger partial charge in [-0.1, -0.05) is 12.1 Å². The molecule has 2 aliphatic heterocycles. The number of rotatable bonds is 5. The Bertz CT molecular complexity index is 792. The zero-order chi connectivity index (χ0) is 23.1. The Morgan fingerprint density at radius 2 is 2.06 bits per heavy atom. The molecule has 1 aromatic carbocycles. The van der Waals surface area contributed by atoms with Crippen molar-refractivity contribution in [2.24, 2.45) is 4.99 Å². The third kappa shape index (κ3) is 7.06. The highest BCUT2D eigenvalue weighted by atomic mass is 19.1. The molecule has 32 heavy (non-hydrogen) atoms. The van der Waals surface area contributed by atoms with Gasteiger partial charge in [0.1, 0.15) is 11.4 Å². The number of amides is 1. The quantitative estimate of drug-likeness (QED) is 0.531. The summed E-state index contributed by atoms with van der Waals surface area (Å²) in [5.41, 5.74) is 0.409. The predicted octanol–water partition coefficient (Wildman–Crippen LogP) is 2.37. The monoisotopic (exact) mass is 449 g/mol. The number of hydrogen-bond acceptors (Lipinski definition) is 5. The second-order valence-corrected chi connectivity index (χ2v) is 9.23. The summed E-state index contributed by atoms with van der Waals surface area (Å²) in [6, 6.07) is 6.78. The number of benzene rings is 1. The molecule has 0 aromatic heterocycles. The van der Waals surface area contributed by atoms with Gasteiger partial charge < -0.3 is 25.0 Å². The van der Waals surface area contributed by atoms with Crippen LogP contribution in [0.4, 0.5) is 9.18 Å². The van der Waals surface area contributed by atoms with E-state index in [0.717, 1.165) is 37.6 Å². The number of alkyl carbamates (subject to hydrolysis) is 1. The highest BCUT2D eigenvalue weighted by Crippen LogP contribution is 2.22. The van der Waals surface area contributed by atoms with Crippen LogP contribution >= 0.6 is 0 Å². The number of hydrogen-bond donors (Lipinski definition) is 2. The van der Waals surface area contributed by atoms with Crippen molar-refractivity contribution in [1.29, 1.82) is 0 Å². The van der Waals surface area contributed by atoms with E-state index in [2.05, 4.69) is 25.4 Å². The van der Waals surface area contributed by atoms with Gasteiger partial charge in [-0.2, -0.15) is 0 Å². The van der Waals surface area contributed by atoms with E-state index in [9.17, 15) is 9.18 Å². The van der Waals surface area contributed by atoms with Gasteiger partial charge in [0, 0.05) is 39.8 Å². The number of nitrogens with one attached hydrogen (secondary N) is 2. The van der Waals surface area contributed by atoms with Crippen molar-refractivity contribution >= 4 is 12.1 Å². The predicted molar refractivity (Wildman–Crippen MR) is 122 cm³/mol. The molecule has 178 valence electrons. The van der Waals surface area contributed by atoms with Crippen LogP contribution in [-0.2, 0) is 9.47 Å². The van der Waals surface area contributed by atoms with Crippen molar-refractivity contribution in [1.82, 2.24) is 20.4 Å². The third-order valence-corrected chi connectivity index (χ3v) is 5.59. The van der Waals surface area contributed by atoms with Gasteiger partial charge in [-0.3, -0.25) is 9.89 Å². The van der Waals surface area contributed by atoms with Gasteiger partial charge in [0.25, 0.3) is 0 Å². The van der Waals surface area contributed by atoms with Crippen LogP contribution < -0.4 is 10.6 Å². The Labute approximate surface area is 190 Å². The maximum atomic E-state index is 13.9.